The summed E-state index contributed by atoms with van der Waals surface area (Å²) in [4.78, 5) is 14.6. The molecule has 2 N–H and O–H groups in total. The number of hydrogen-bond acceptors (Lipinski definition) is 6. The Bertz CT molecular complexity index is 332. The molecule has 29 heavy (non-hydrogen) atoms. The Labute approximate surface area is 185 Å². The molecule has 2 heterocycles. The largest absolute Gasteiger partial charge is 0.391 e. The average molecular weight is 418 g/mol. The van der Waals surface area contributed by atoms with Crippen LogP contribution in [0.5, 0.6) is 0 Å². The van der Waals surface area contributed by atoms with Crippen LogP contribution < -0.4 is 0 Å². The fourth-order valence-corrected chi connectivity index (χ4v) is 2.69. The Kier molecular flexibility index (Phi) is 37.3. The molecule has 0 saturated carbocycles. The van der Waals surface area contributed by atoms with Crippen molar-refractivity contribution in [2.75, 3.05) is 48.1 Å². The van der Waals surface area contributed by atoms with Crippen LogP contribution in [0.3, 0.4) is 0 Å². The number of nitrogens with zero attached hydrogens (tertiary/aromatic N) is 2. The van der Waals surface area contributed by atoms with Crippen LogP contribution in [0.25, 0.3) is 0 Å². The van der Waals surface area contributed by atoms with Gasteiger partial charge in [-0.25, -0.2) is 0 Å². The summed E-state index contributed by atoms with van der Waals surface area (Å²) < 4.78 is 9.83. The van der Waals surface area contributed by atoms with Gasteiger partial charge in [-0.15, -0.1) is 0 Å². The minimum Gasteiger partial charge on any atom is -0.391 e. The van der Waals surface area contributed by atoms with Crippen molar-refractivity contribution in [1.29, 1.82) is 0 Å². The smallest absolute Gasteiger partial charge is 0.225 e. The number of ether oxygens (including phenoxy) is 2. The Morgan fingerprint density at radius 1 is 0.897 bits per heavy atom. The fourth-order valence-electron chi connectivity index (χ4n) is 2.69. The highest BCUT2D eigenvalue weighted by Gasteiger charge is 2.35. The number of carbonyl (C=O) groups is 1. The summed E-state index contributed by atoms with van der Waals surface area (Å²) in [5.74, 6) is -0.0143. The maximum absolute atomic E-state index is 11.0. The third-order valence-corrected chi connectivity index (χ3v) is 4.18. The van der Waals surface area contributed by atoms with Gasteiger partial charge in [-0.05, 0) is 13.5 Å². The van der Waals surface area contributed by atoms with E-state index < -0.39 is 6.10 Å². The molecule has 0 aliphatic carbocycles. The highest BCUT2D eigenvalue weighted by molar-refractivity contribution is 5.79. The van der Waals surface area contributed by atoms with E-state index in [1.165, 1.54) is 4.90 Å². The first-order chi connectivity index (χ1) is 11.9. The van der Waals surface area contributed by atoms with Crippen molar-refractivity contribution >= 4 is 22.7 Å². The highest BCUT2D eigenvalue weighted by atomic mass is 16.5. The van der Waals surface area contributed by atoms with Crippen LogP contribution in [-0.2, 0) is 14.3 Å². The standard InChI is InChI=1S/C7H13NO3.C7H15NO2.2C2H6.2CH4.2B/c1-8-5(4-11-2)6(9)3-7(8)10;1-8-4-3-7(9)6(8)5-10-2;2*1-2;;;;/h5-6,9H,3-4H2,1-2H3;6-7,9H,3-5H2,1-2H3;2*1-2H3;2*1H4;;. The van der Waals surface area contributed by atoms with Gasteiger partial charge < -0.3 is 24.6 Å². The molecule has 174 valence electrons. The van der Waals surface area contributed by atoms with Crippen molar-refractivity contribution in [3.05, 3.63) is 0 Å². The van der Waals surface area contributed by atoms with Gasteiger partial charge in [0.2, 0.25) is 5.91 Å². The molecule has 0 aromatic carbocycles. The number of likely N-dealkylation sites (tertiary alicyclic amines) is 2. The summed E-state index contributed by atoms with van der Waals surface area (Å²) in [5.41, 5.74) is 0. The molecule has 2 aliphatic heterocycles. The summed E-state index contributed by atoms with van der Waals surface area (Å²) in [5, 5.41) is 18.7. The van der Waals surface area contributed by atoms with E-state index in [4.69, 9.17) is 9.47 Å². The third-order valence-electron chi connectivity index (χ3n) is 4.18. The summed E-state index contributed by atoms with van der Waals surface area (Å²) in [6.07, 6.45) is 0.354. The third kappa shape index (κ3) is 14.9. The Hall–Kier alpha value is -0.600. The molecule has 4 unspecified atom stereocenters. The van der Waals surface area contributed by atoms with Gasteiger partial charge in [0, 0.05) is 44.6 Å². The van der Waals surface area contributed by atoms with Crippen LogP contribution >= 0.6 is 0 Å². The van der Waals surface area contributed by atoms with Gasteiger partial charge >= 0.3 is 0 Å². The summed E-state index contributed by atoms with van der Waals surface area (Å²) >= 11 is 0. The van der Waals surface area contributed by atoms with Gasteiger partial charge in [-0.2, -0.15) is 0 Å². The lowest BCUT2D eigenvalue weighted by Crippen LogP contribution is -2.37. The Balaban J connectivity index is -0.0000000697. The number of rotatable bonds is 4. The number of aliphatic hydroxyl groups is 2. The van der Waals surface area contributed by atoms with Crippen LogP contribution in [-0.4, -0.2) is 115 Å². The van der Waals surface area contributed by atoms with Gasteiger partial charge in [0.1, 0.15) is 0 Å². The first kappa shape index (κ1) is 42.5. The normalized spacial score (nSPS) is 24.5. The summed E-state index contributed by atoms with van der Waals surface area (Å²) in [7, 11) is 6.92. The molecule has 6 radical (unpaired) electrons. The SMILES string of the molecule is C.C.CC.CC.COCC1C(O)CC(=O)N1C.COCC1C(O)CCN1C.[B].[B]. The lowest BCUT2D eigenvalue weighted by atomic mass is 10.2. The number of amides is 1. The van der Waals surface area contributed by atoms with Crippen molar-refractivity contribution in [3.8, 4) is 0 Å². The maximum atomic E-state index is 11.0. The minimum absolute atomic E-state index is 0. The quantitative estimate of drug-likeness (QED) is 0.674. The predicted molar refractivity (Wildman–Crippen MR) is 126 cm³/mol. The van der Waals surface area contributed by atoms with E-state index in [1.54, 1.807) is 21.3 Å². The van der Waals surface area contributed by atoms with Gasteiger partial charge in [-0.1, -0.05) is 42.5 Å². The lowest BCUT2D eigenvalue weighted by molar-refractivity contribution is -0.128. The van der Waals surface area contributed by atoms with Crippen LogP contribution in [0.2, 0.25) is 0 Å². The molecule has 2 aliphatic rings. The van der Waals surface area contributed by atoms with Gasteiger partial charge in [0.25, 0.3) is 0 Å². The number of carbonyl (C=O) groups excluding carboxylic acids is 1. The van der Waals surface area contributed by atoms with E-state index in [1.807, 2.05) is 34.7 Å². The van der Waals surface area contributed by atoms with Gasteiger partial charge in [0.15, 0.2) is 0 Å². The molecule has 0 aromatic rings. The molecule has 0 bridgehead atoms. The molecule has 2 saturated heterocycles. The topological polar surface area (TPSA) is 82.5 Å². The van der Waals surface area contributed by atoms with Crippen LogP contribution in [0, 0.1) is 0 Å². The first-order valence-corrected chi connectivity index (χ1v) is 9.22. The zero-order valence-corrected chi connectivity index (χ0v) is 18.5. The average Bonchev–Trinajstić information content (AvgIpc) is 3.07. The molecule has 7 nitrogen and oxygen atoms in total. The number of methoxy groups -OCH3 is 2. The lowest BCUT2D eigenvalue weighted by Gasteiger charge is -2.20. The van der Waals surface area contributed by atoms with Crippen molar-refractivity contribution in [1.82, 2.24) is 9.80 Å². The summed E-state index contributed by atoms with van der Waals surface area (Å²) in [6, 6.07) is 0.0532. The van der Waals surface area contributed by atoms with Crippen LogP contribution in [0.15, 0.2) is 0 Å². The number of hydrogen-bond donors (Lipinski definition) is 2. The monoisotopic (exact) mass is 418 g/mol. The molecular formula is C20H48B2N2O5. The Morgan fingerprint density at radius 2 is 1.31 bits per heavy atom. The molecule has 4 atom stereocenters. The van der Waals surface area contributed by atoms with E-state index in [0.29, 0.717) is 13.2 Å². The minimum atomic E-state index is -0.563. The second-order valence-electron chi connectivity index (χ2n) is 5.66. The fraction of sp³-hybridized carbons (Fsp3) is 0.950. The number of likely N-dealkylation sites (N-methyl/N-ethyl adjacent to an activating group) is 2. The molecule has 2 fully saturated rings. The van der Waals surface area contributed by atoms with E-state index in [-0.39, 0.29) is 62.2 Å². The van der Waals surface area contributed by atoms with E-state index in [0.717, 1.165) is 13.0 Å². The second-order valence-corrected chi connectivity index (χ2v) is 5.66. The van der Waals surface area contributed by atoms with Gasteiger partial charge in [-0.3, -0.25) is 9.69 Å². The van der Waals surface area contributed by atoms with E-state index in [2.05, 4.69) is 4.90 Å². The van der Waals surface area contributed by atoms with Crippen molar-refractivity contribution in [2.24, 2.45) is 0 Å². The van der Waals surface area contributed by atoms with Gasteiger partial charge in [0.05, 0.1) is 43.9 Å². The zero-order chi connectivity index (χ0) is 20.0. The van der Waals surface area contributed by atoms with Crippen LogP contribution in [0.4, 0.5) is 0 Å². The second kappa shape index (κ2) is 25.4. The molecule has 0 aromatic heterocycles. The first-order valence-electron chi connectivity index (χ1n) is 9.22. The molecule has 2 rings (SSSR count). The van der Waals surface area contributed by atoms with Crippen molar-refractivity contribution < 1.29 is 24.5 Å². The molecule has 1 amide bonds. The highest BCUT2D eigenvalue weighted by Crippen LogP contribution is 2.17. The van der Waals surface area contributed by atoms with Crippen molar-refractivity contribution in [3.63, 3.8) is 0 Å². The van der Waals surface area contributed by atoms with E-state index >= 15 is 0 Å². The maximum Gasteiger partial charge on any atom is 0.225 e. The molecule has 9 heteroatoms. The molecule has 0 spiro atoms. The van der Waals surface area contributed by atoms with Crippen LogP contribution in [0.1, 0.15) is 55.4 Å². The molecular weight excluding hydrogens is 370 g/mol. The summed E-state index contributed by atoms with van der Waals surface area (Å²) in [6.45, 7) is 10.0. The Morgan fingerprint density at radius 3 is 1.59 bits per heavy atom. The zero-order valence-electron chi connectivity index (χ0n) is 18.5. The van der Waals surface area contributed by atoms with Crippen molar-refractivity contribution in [2.45, 2.75) is 79.7 Å². The predicted octanol–water partition coefficient (Wildman–Crippen LogP) is 1.49. The number of aliphatic hydroxyl groups excluding tert-OH is 2. The van der Waals surface area contributed by atoms with E-state index in [9.17, 15) is 15.0 Å².